The van der Waals surface area contributed by atoms with Gasteiger partial charge >= 0.3 is 0 Å². The Morgan fingerprint density at radius 1 is 1.44 bits per heavy atom. The molecule has 18 heavy (non-hydrogen) atoms. The number of halogens is 1. The van der Waals surface area contributed by atoms with Crippen LogP contribution in [0, 0.1) is 11.3 Å². The van der Waals surface area contributed by atoms with E-state index in [1.807, 2.05) is 6.07 Å². The standard InChI is InChI=1S/C13H15ClN2O2/c14-5-8-18-7-2-6-16-13(17)12-4-1-3-11(9-12)10-15/h1,3-4,9H,2,5-8H2,(H,16,17). The first-order chi connectivity index (χ1) is 8.77. The summed E-state index contributed by atoms with van der Waals surface area (Å²) >= 11 is 5.45. The summed E-state index contributed by atoms with van der Waals surface area (Å²) < 4.78 is 5.18. The third-order valence-corrected chi connectivity index (χ3v) is 2.38. The quantitative estimate of drug-likeness (QED) is 0.606. The third kappa shape index (κ3) is 5.17. The molecule has 0 aliphatic heterocycles. The molecule has 5 heteroatoms. The molecule has 0 fully saturated rings. The van der Waals surface area contributed by atoms with Crippen molar-refractivity contribution in [2.75, 3.05) is 25.6 Å². The molecule has 0 aliphatic rings. The molecule has 0 bridgehead atoms. The monoisotopic (exact) mass is 266 g/mol. The number of carbonyl (C=O) groups excluding carboxylic acids is 1. The van der Waals surface area contributed by atoms with Crippen LogP contribution in [0.25, 0.3) is 0 Å². The van der Waals surface area contributed by atoms with Crippen LogP contribution in [0.15, 0.2) is 24.3 Å². The lowest BCUT2D eigenvalue weighted by Crippen LogP contribution is -2.25. The summed E-state index contributed by atoms with van der Waals surface area (Å²) in [5.41, 5.74) is 0.976. The van der Waals surface area contributed by atoms with Crippen LogP contribution in [0.4, 0.5) is 0 Å². The lowest BCUT2D eigenvalue weighted by atomic mass is 10.1. The molecule has 96 valence electrons. The maximum Gasteiger partial charge on any atom is 0.251 e. The number of alkyl halides is 1. The van der Waals surface area contributed by atoms with E-state index in [4.69, 9.17) is 21.6 Å². The summed E-state index contributed by atoms with van der Waals surface area (Å²) in [5, 5.41) is 11.5. The molecule has 0 saturated heterocycles. The molecule has 0 atom stereocenters. The maximum atomic E-state index is 11.7. The Bertz CT molecular complexity index is 429. The highest BCUT2D eigenvalue weighted by Crippen LogP contribution is 2.03. The number of amides is 1. The molecule has 4 nitrogen and oxygen atoms in total. The highest BCUT2D eigenvalue weighted by Gasteiger charge is 2.04. The van der Waals surface area contributed by atoms with E-state index in [1.165, 1.54) is 0 Å². The first-order valence-electron chi connectivity index (χ1n) is 5.70. The number of hydrogen-bond donors (Lipinski definition) is 1. The van der Waals surface area contributed by atoms with E-state index in [2.05, 4.69) is 5.32 Å². The Kier molecular flexibility index (Phi) is 6.85. The Morgan fingerprint density at radius 2 is 2.28 bits per heavy atom. The minimum absolute atomic E-state index is 0.176. The first-order valence-corrected chi connectivity index (χ1v) is 6.23. The maximum absolute atomic E-state index is 11.7. The zero-order valence-electron chi connectivity index (χ0n) is 9.99. The Hall–Kier alpha value is -1.57. The number of nitrogens with zero attached hydrogens (tertiary/aromatic N) is 1. The smallest absolute Gasteiger partial charge is 0.251 e. The van der Waals surface area contributed by atoms with Gasteiger partial charge in [0, 0.05) is 24.6 Å². The van der Waals surface area contributed by atoms with Crippen molar-refractivity contribution in [3.8, 4) is 6.07 Å². The van der Waals surface area contributed by atoms with Gasteiger partial charge in [-0.25, -0.2) is 0 Å². The summed E-state index contributed by atoms with van der Waals surface area (Å²) in [7, 11) is 0. The van der Waals surface area contributed by atoms with Gasteiger partial charge in [-0.05, 0) is 24.6 Å². The first kappa shape index (κ1) is 14.5. The van der Waals surface area contributed by atoms with Gasteiger partial charge in [0.2, 0.25) is 0 Å². The van der Waals surface area contributed by atoms with Gasteiger partial charge in [-0.2, -0.15) is 5.26 Å². The molecule has 0 saturated carbocycles. The highest BCUT2D eigenvalue weighted by atomic mass is 35.5. The molecule has 0 aliphatic carbocycles. The van der Waals surface area contributed by atoms with Gasteiger partial charge in [-0.1, -0.05) is 6.07 Å². The predicted molar refractivity (Wildman–Crippen MR) is 69.6 cm³/mol. The SMILES string of the molecule is N#Cc1cccc(C(=O)NCCCOCCCl)c1. The Morgan fingerprint density at radius 3 is 3.00 bits per heavy atom. The molecule has 0 radical (unpaired) electrons. The van der Waals surface area contributed by atoms with Crippen LogP contribution in [-0.2, 0) is 4.74 Å². The van der Waals surface area contributed by atoms with Crippen LogP contribution in [-0.4, -0.2) is 31.5 Å². The molecule has 1 aromatic carbocycles. The summed E-state index contributed by atoms with van der Waals surface area (Å²) in [4.78, 5) is 11.7. The number of rotatable bonds is 7. The number of ether oxygens (including phenoxy) is 1. The molecule has 0 heterocycles. The van der Waals surface area contributed by atoms with Crippen LogP contribution >= 0.6 is 11.6 Å². The molecule has 0 aromatic heterocycles. The lowest BCUT2D eigenvalue weighted by Gasteiger charge is -2.05. The average Bonchev–Trinajstić information content (AvgIpc) is 2.42. The second-order valence-electron chi connectivity index (χ2n) is 3.60. The van der Waals surface area contributed by atoms with Gasteiger partial charge in [0.25, 0.3) is 5.91 Å². The Labute approximate surface area is 112 Å². The van der Waals surface area contributed by atoms with E-state index in [0.29, 0.717) is 36.8 Å². The van der Waals surface area contributed by atoms with Crippen molar-refractivity contribution in [1.29, 1.82) is 5.26 Å². The fourth-order valence-electron chi connectivity index (χ4n) is 1.36. The number of nitrogens with one attached hydrogen (secondary N) is 1. The van der Waals surface area contributed by atoms with Crippen molar-refractivity contribution in [3.05, 3.63) is 35.4 Å². The molecule has 0 spiro atoms. The van der Waals surface area contributed by atoms with Gasteiger partial charge in [0.15, 0.2) is 0 Å². The zero-order valence-corrected chi connectivity index (χ0v) is 10.7. The van der Waals surface area contributed by atoms with Crippen molar-refractivity contribution in [2.24, 2.45) is 0 Å². The molecule has 1 N–H and O–H groups in total. The summed E-state index contributed by atoms with van der Waals surface area (Å²) in [5.74, 6) is 0.303. The van der Waals surface area contributed by atoms with Crippen LogP contribution in [0.2, 0.25) is 0 Å². The van der Waals surface area contributed by atoms with Gasteiger partial charge in [-0.3, -0.25) is 4.79 Å². The summed E-state index contributed by atoms with van der Waals surface area (Å²) in [6.07, 6.45) is 0.737. The van der Waals surface area contributed by atoms with E-state index >= 15 is 0 Å². The molecule has 1 aromatic rings. The fraction of sp³-hybridized carbons (Fsp3) is 0.385. The van der Waals surface area contributed by atoms with Crippen LogP contribution in [0.5, 0.6) is 0 Å². The second-order valence-corrected chi connectivity index (χ2v) is 3.98. The van der Waals surface area contributed by atoms with Gasteiger partial charge in [-0.15, -0.1) is 11.6 Å². The van der Waals surface area contributed by atoms with E-state index in [-0.39, 0.29) is 5.91 Å². The average molecular weight is 267 g/mol. The topological polar surface area (TPSA) is 62.1 Å². The molecular formula is C13H15ClN2O2. The minimum atomic E-state index is -0.176. The molecule has 1 amide bonds. The van der Waals surface area contributed by atoms with Gasteiger partial charge in [0.05, 0.1) is 18.2 Å². The van der Waals surface area contributed by atoms with Gasteiger partial charge in [0.1, 0.15) is 0 Å². The number of hydrogen-bond acceptors (Lipinski definition) is 3. The lowest BCUT2D eigenvalue weighted by molar-refractivity contribution is 0.0944. The molecular weight excluding hydrogens is 252 g/mol. The van der Waals surface area contributed by atoms with Crippen LogP contribution in [0.1, 0.15) is 22.3 Å². The summed E-state index contributed by atoms with van der Waals surface area (Å²) in [6, 6.07) is 8.60. The van der Waals surface area contributed by atoms with Crippen molar-refractivity contribution in [2.45, 2.75) is 6.42 Å². The third-order valence-electron chi connectivity index (χ3n) is 2.23. The second kappa shape index (κ2) is 8.51. The Balaban J connectivity index is 2.30. The molecule has 1 rings (SSSR count). The normalized spacial score (nSPS) is 9.78. The van der Waals surface area contributed by atoms with Crippen LogP contribution < -0.4 is 5.32 Å². The highest BCUT2D eigenvalue weighted by molar-refractivity contribution is 6.17. The molecule has 0 unspecified atom stereocenters. The number of benzene rings is 1. The van der Waals surface area contributed by atoms with E-state index in [1.54, 1.807) is 24.3 Å². The van der Waals surface area contributed by atoms with E-state index in [0.717, 1.165) is 6.42 Å². The van der Waals surface area contributed by atoms with Crippen molar-refractivity contribution in [3.63, 3.8) is 0 Å². The van der Waals surface area contributed by atoms with Crippen LogP contribution in [0.3, 0.4) is 0 Å². The minimum Gasteiger partial charge on any atom is -0.380 e. The zero-order chi connectivity index (χ0) is 13.2. The van der Waals surface area contributed by atoms with Crippen molar-refractivity contribution < 1.29 is 9.53 Å². The van der Waals surface area contributed by atoms with E-state index in [9.17, 15) is 4.79 Å². The number of nitriles is 1. The predicted octanol–water partition coefficient (Wildman–Crippen LogP) is 1.93. The van der Waals surface area contributed by atoms with Gasteiger partial charge < -0.3 is 10.1 Å². The largest absolute Gasteiger partial charge is 0.380 e. The van der Waals surface area contributed by atoms with E-state index < -0.39 is 0 Å². The summed E-state index contributed by atoms with van der Waals surface area (Å²) in [6.45, 7) is 1.64. The fourth-order valence-corrected chi connectivity index (χ4v) is 1.47. The van der Waals surface area contributed by atoms with Crippen molar-refractivity contribution in [1.82, 2.24) is 5.32 Å². The van der Waals surface area contributed by atoms with Crippen molar-refractivity contribution >= 4 is 17.5 Å². The number of carbonyl (C=O) groups is 1.